The smallest absolute Gasteiger partial charge is 0.119 e. The number of hydrogen-bond acceptors (Lipinski definition) is 2. The van der Waals surface area contributed by atoms with Crippen LogP contribution in [0, 0.1) is 0 Å². The molecule has 0 aromatic heterocycles. The van der Waals surface area contributed by atoms with Gasteiger partial charge in [0, 0.05) is 5.54 Å². The summed E-state index contributed by atoms with van der Waals surface area (Å²) in [6.07, 6.45) is -0.441. The zero-order valence-electron chi connectivity index (χ0n) is 8.90. The SMILES string of the molecule is C/C(=C\Cl)COc1ccc([C@H](C)O)cc1. The first-order valence-corrected chi connectivity index (χ1v) is 5.24. The molecule has 1 N–H and O–H groups in total. The maximum atomic E-state index is 9.30. The Morgan fingerprint density at radius 1 is 1.47 bits per heavy atom. The van der Waals surface area contributed by atoms with Crippen molar-refractivity contribution in [3.63, 3.8) is 0 Å². The highest BCUT2D eigenvalue weighted by molar-refractivity contribution is 6.25. The second-order valence-corrected chi connectivity index (χ2v) is 3.71. The summed E-state index contributed by atoms with van der Waals surface area (Å²) in [5, 5.41) is 9.30. The van der Waals surface area contributed by atoms with E-state index in [1.807, 2.05) is 31.2 Å². The molecule has 1 aromatic rings. The van der Waals surface area contributed by atoms with Gasteiger partial charge in [-0.05, 0) is 37.1 Å². The molecule has 0 saturated heterocycles. The molecule has 0 radical (unpaired) electrons. The Bertz CT molecular complexity index is 328. The number of hydrogen-bond donors (Lipinski definition) is 1. The first kappa shape index (κ1) is 12.1. The van der Waals surface area contributed by atoms with Crippen LogP contribution >= 0.6 is 11.6 Å². The van der Waals surface area contributed by atoms with Crippen molar-refractivity contribution in [3.05, 3.63) is 40.9 Å². The van der Waals surface area contributed by atoms with Crippen molar-refractivity contribution in [1.29, 1.82) is 0 Å². The maximum Gasteiger partial charge on any atom is 0.119 e. The summed E-state index contributed by atoms with van der Waals surface area (Å²) in [5.74, 6) is 0.775. The molecule has 1 aromatic carbocycles. The van der Waals surface area contributed by atoms with E-state index in [1.54, 1.807) is 6.92 Å². The highest BCUT2D eigenvalue weighted by Gasteiger charge is 2.00. The molecule has 0 bridgehead atoms. The standard InChI is InChI=1S/C12H15ClO2/c1-9(7-13)8-15-12-5-3-11(4-6-12)10(2)14/h3-7,10,14H,8H2,1-2H3/b9-7+/t10-/m0/s1. The Balaban J connectivity index is 2.57. The van der Waals surface area contributed by atoms with Crippen LogP contribution in [0.4, 0.5) is 0 Å². The molecular formula is C12H15ClO2. The highest BCUT2D eigenvalue weighted by atomic mass is 35.5. The third-order valence-electron chi connectivity index (χ3n) is 2.02. The number of aliphatic hydroxyl groups is 1. The van der Waals surface area contributed by atoms with E-state index in [-0.39, 0.29) is 0 Å². The topological polar surface area (TPSA) is 29.5 Å². The lowest BCUT2D eigenvalue weighted by Gasteiger charge is -2.08. The summed E-state index contributed by atoms with van der Waals surface area (Å²) >= 11 is 5.51. The van der Waals surface area contributed by atoms with Gasteiger partial charge in [-0.3, -0.25) is 0 Å². The second-order valence-electron chi connectivity index (χ2n) is 3.49. The van der Waals surface area contributed by atoms with Gasteiger partial charge in [-0.25, -0.2) is 0 Å². The van der Waals surface area contributed by atoms with Gasteiger partial charge in [0.15, 0.2) is 0 Å². The molecule has 0 amide bonds. The van der Waals surface area contributed by atoms with Crippen LogP contribution in [0.3, 0.4) is 0 Å². The van der Waals surface area contributed by atoms with Crippen LogP contribution in [0.5, 0.6) is 5.75 Å². The van der Waals surface area contributed by atoms with Crippen molar-refractivity contribution < 1.29 is 9.84 Å². The van der Waals surface area contributed by atoms with Gasteiger partial charge in [-0.2, -0.15) is 0 Å². The molecule has 0 saturated carbocycles. The van der Waals surface area contributed by atoms with Crippen LogP contribution in [-0.2, 0) is 0 Å². The fraction of sp³-hybridized carbons (Fsp3) is 0.333. The third kappa shape index (κ3) is 3.94. The Labute approximate surface area is 95.1 Å². The van der Waals surface area contributed by atoms with E-state index in [0.29, 0.717) is 6.61 Å². The Kier molecular flexibility index (Phi) is 4.66. The van der Waals surface area contributed by atoms with Crippen LogP contribution in [0.15, 0.2) is 35.4 Å². The van der Waals surface area contributed by atoms with Gasteiger partial charge in [0.2, 0.25) is 0 Å². The van der Waals surface area contributed by atoms with Crippen molar-refractivity contribution in [2.45, 2.75) is 20.0 Å². The van der Waals surface area contributed by atoms with Crippen molar-refractivity contribution in [1.82, 2.24) is 0 Å². The molecule has 0 aliphatic rings. The zero-order chi connectivity index (χ0) is 11.3. The predicted molar refractivity (Wildman–Crippen MR) is 62.2 cm³/mol. The largest absolute Gasteiger partial charge is 0.489 e. The lowest BCUT2D eigenvalue weighted by atomic mass is 10.1. The molecule has 82 valence electrons. The molecule has 1 rings (SSSR count). The summed E-state index contributed by atoms with van der Waals surface area (Å²) in [5.41, 5.74) is 3.35. The quantitative estimate of drug-likeness (QED) is 0.854. The summed E-state index contributed by atoms with van der Waals surface area (Å²) in [6.45, 7) is 4.12. The van der Waals surface area contributed by atoms with Crippen molar-refractivity contribution >= 4 is 11.6 Å². The number of halogens is 1. The first-order valence-electron chi connectivity index (χ1n) is 4.80. The van der Waals surface area contributed by atoms with E-state index in [4.69, 9.17) is 16.3 Å². The Hall–Kier alpha value is -0.990. The summed E-state index contributed by atoms with van der Waals surface area (Å²) in [7, 11) is 0. The molecule has 0 fully saturated rings. The summed E-state index contributed by atoms with van der Waals surface area (Å²) in [4.78, 5) is 0. The minimum atomic E-state index is -0.441. The molecule has 0 aliphatic carbocycles. The number of benzene rings is 1. The molecule has 2 nitrogen and oxygen atoms in total. The minimum absolute atomic E-state index is 0.441. The van der Waals surface area contributed by atoms with Crippen LogP contribution in [-0.4, -0.2) is 11.7 Å². The van der Waals surface area contributed by atoms with E-state index in [9.17, 15) is 5.11 Å². The summed E-state index contributed by atoms with van der Waals surface area (Å²) < 4.78 is 5.46. The van der Waals surface area contributed by atoms with Gasteiger partial charge in [0.05, 0.1) is 6.10 Å². The van der Waals surface area contributed by atoms with E-state index >= 15 is 0 Å². The van der Waals surface area contributed by atoms with E-state index < -0.39 is 6.10 Å². The normalized spacial score (nSPS) is 13.7. The van der Waals surface area contributed by atoms with Gasteiger partial charge in [0.25, 0.3) is 0 Å². The van der Waals surface area contributed by atoms with Gasteiger partial charge in [-0.1, -0.05) is 23.7 Å². The van der Waals surface area contributed by atoms with Crippen LogP contribution in [0.25, 0.3) is 0 Å². The van der Waals surface area contributed by atoms with Crippen LogP contribution in [0.1, 0.15) is 25.5 Å². The van der Waals surface area contributed by atoms with Crippen molar-refractivity contribution in [3.8, 4) is 5.75 Å². The number of ether oxygens (including phenoxy) is 1. The van der Waals surface area contributed by atoms with Crippen LogP contribution < -0.4 is 4.74 Å². The van der Waals surface area contributed by atoms with E-state index in [0.717, 1.165) is 16.9 Å². The second kappa shape index (κ2) is 5.79. The fourth-order valence-electron chi connectivity index (χ4n) is 1.07. The predicted octanol–water partition coefficient (Wildman–Crippen LogP) is 3.26. The molecular weight excluding hydrogens is 212 g/mol. The van der Waals surface area contributed by atoms with Gasteiger partial charge < -0.3 is 9.84 Å². The molecule has 3 heteroatoms. The first-order chi connectivity index (χ1) is 7.13. The van der Waals surface area contributed by atoms with Gasteiger partial charge in [0.1, 0.15) is 12.4 Å². The van der Waals surface area contributed by atoms with Crippen LogP contribution in [0.2, 0.25) is 0 Å². The van der Waals surface area contributed by atoms with Gasteiger partial charge in [-0.15, -0.1) is 0 Å². The monoisotopic (exact) mass is 226 g/mol. The fourth-order valence-corrected chi connectivity index (χ4v) is 1.13. The zero-order valence-corrected chi connectivity index (χ0v) is 9.66. The lowest BCUT2D eigenvalue weighted by Crippen LogP contribution is -1.98. The number of rotatable bonds is 4. The molecule has 0 aliphatic heterocycles. The van der Waals surface area contributed by atoms with E-state index in [1.165, 1.54) is 5.54 Å². The molecule has 15 heavy (non-hydrogen) atoms. The Morgan fingerprint density at radius 2 is 2.07 bits per heavy atom. The summed E-state index contributed by atoms with van der Waals surface area (Å²) in [6, 6.07) is 7.37. The third-order valence-corrected chi connectivity index (χ3v) is 2.39. The average Bonchev–Trinajstić information content (AvgIpc) is 2.26. The molecule has 0 heterocycles. The number of aliphatic hydroxyl groups excluding tert-OH is 1. The molecule has 1 atom stereocenters. The van der Waals surface area contributed by atoms with Crippen molar-refractivity contribution in [2.24, 2.45) is 0 Å². The minimum Gasteiger partial charge on any atom is -0.489 e. The van der Waals surface area contributed by atoms with Crippen molar-refractivity contribution in [2.75, 3.05) is 6.61 Å². The molecule has 0 spiro atoms. The highest BCUT2D eigenvalue weighted by Crippen LogP contribution is 2.17. The van der Waals surface area contributed by atoms with Gasteiger partial charge >= 0.3 is 0 Å². The molecule has 0 unspecified atom stereocenters. The Morgan fingerprint density at radius 3 is 2.53 bits per heavy atom. The average molecular weight is 227 g/mol. The lowest BCUT2D eigenvalue weighted by molar-refractivity contribution is 0.199. The van der Waals surface area contributed by atoms with E-state index in [2.05, 4.69) is 0 Å². The maximum absolute atomic E-state index is 9.30.